The van der Waals surface area contributed by atoms with Crippen LogP contribution < -0.4 is 5.56 Å². The monoisotopic (exact) mass is 334 g/mol. The lowest BCUT2D eigenvalue weighted by atomic mass is 10.1. The summed E-state index contributed by atoms with van der Waals surface area (Å²) in [6.07, 6.45) is 3.23. The lowest BCUT2D eigenvalue weighted by molar-refractivity contribution is 0.0856. The molecule has 1 fully saturated rings. The summed E-state index contributed by atoms with van der Waals surface area (Å²) >= 11 is 6.23. The quantitative estimate of drug-likeness (QED) is 0.882. The lowest BCUT2D eigenvalue weighted by Crippen LogP contribution is -2.35. The first-order valence-electron chi connectivity index (χ1n) is 8.31. The second-order valence-electron chi connectivity index (χ2n) is 6.07. The highest BCUT2D eigenvalue weighted by Crippen LogP contribution is 2.22. The number of ether oxygens (including phenoxy) is 1. The first kappa shape index (κ1) is 16.5. The fourth-order valence-electron chi connectivity index (χ4n) is 3.34. The Bertz CT molecular complexity index is 729. The molecule has 1 N–H and O–H groups in total. The van der Waals surface area contributed by atoms with Crippen LogP contribution in [0, 0.1) is 0 Å². The van der Waals surface area contributed by atoms with E-state index < -0.39 is 0 Å². The van der Waals surface area contributed by atoms with E-state index in [-0.39, 0.29) is 5.56 Å². The fourth-order valence-corrected chi connectivity index (χ4v) is 3.57. The highest BCUT2D eigenvalue weighted by Gasteiger charge is 2.24. The Balaban J connectivity index is 1.72. The average Bonchev–Trinajstić information content (AvgIpc) is 2.99. The summed E-state index contributed by atoms with van der Waals surface area (Å²) in [6, 6.07) is 7.95. The summed E-state index contributed by atoms with van der Waals surface area (Å²) in [5.74, 6) is 0. The van der Waals surface area contributed by atoms with Gasteiger partial charge in [0.1, 0.15) is 0 Å². The van der Waals surface area contributed by atoms with Crippen LogP contribution in [0.4, 0.5) is 0 Å². The number of benzene rings is 1. The third kappa shape index (κ3) is 3.77. The molecule has 0 radical (unpaired) electrons. The summed E-state index contributed by atoms with van der Waals surface area (Å²) < 4.78 is 5.58. The molecule has 1 aromatic carbocycles. The number of fused-ring (bicyclic) bond motifs is 1. The van der Waals surface area contributed by atoms with Crippen LogP contribution in [0.5, 0.6) is 0 Å². The molecule has 0 unspecified atom stereocenters. The molecule has 2 aromatic rings. The van der Waals surface area contributed by atoms with Crippen molar-refractivity contribution in [3.05, 3.63) is 45.3 Å². The van der Waals surface area contributed by atoms with Gasteiger partial charge in [0.05, 0.1) is 6.61 Å². The van der Waals surface area contributed by atoms with Gasteiger partial charge in [-0.3, -0.25) is 9.69 Å². The maximum absolute atomic E-state index is 12.2. The third-order valence-corrected chi connectivity index (χ3v) is 4.90. The zero-order chi connectivity index (χ0) is 16.2. The van der Waals surface area contributed by atoms with Crippen molar-refractivity contribution >= 4 is 22.4 Å². The number of rotatable bonds is 6. The Morgan fingerprint density at radius 1 is 1.39 bits per heavy atom. The van der Waals surface area contributed by atoms with E-state index in [1.165, 1.54) is 12.8 Å². The van der Waals surface area contributed by atoms with Gasteiger partial charge in [-0.1, -0.05) is 17.7 Å². The van der Waals surface area contributed by atoms with Crippen molar-refractivity contribution in [2.24, 2.45) is 0 Å². The van der Waals surface area contributed by atoms with Crippen LogP contribution in [0.3, 0.4) is 0 Å². The van der Waals surface area contributed by atoms with E-state index >= 15 is 0 Å². The Labute approximate surface area is 141 Å². The normalized spacial score (nSPS) is 18.8. The van der Waals surface area contributed by atoms with E-state index in [4.69, 9.17) is 16.3 Å². The topological polar surface area (TPSA) is 45.3 Å². The number of likely N-dealkylation sites (tertiary alicyclic amines) is 1. The predicted molar refractivity (Wildman–Crippen MR) is 94.4 cm³/mol. The third-order valence-electron chi connectivity index (χ3n) is 4.57. The first-order chi connectivity index (χ1) is 11.2. The van der Waals surface area contributed by atoms with Crippen molar-refractivity contribution in [2.75, 3.05) is 26.3 Å². The Morgan fingerprint density at radius 2 is 2.26 bits per heavy atom. The summed E-state index contributed by atoms with van der Waals surface area (Å²) in [7, 11) is 0. The SMILES string of the molecule is CCOC[C@H]1CCCN1CCc1cc2c(Cl)cccc2c(=O)[nH]1. The molecule has 5 heteroatoms. The standard InChI is InChI=1S/C18H23ClN2O2/c1-2-23-12-14-5-4-9-21(14)10-8-13-11-16-15(18(22)20-13)6-3-7-17(16)19/h3,6-7,11,14H,2,4-5,8-10,12H2,1H3,(H,20,22)/t14-/m1/s1. The number of H-pyrrole nitrogens is 1. The number of aromatic nitrogens is 1. The largest absolute Gasteiger partial charge is 0.380 e. The van der Waals surface area contributed by atoms with E-state index in [0.29, 0.717) is 16.5 Å². The van der Waals surface area contributed by atoms with Crippen molar-refractivity contribution in [1.29, 1.82) is 0 Å². The van der Waals surface area contributed by atoms with Crippen molar-refractivity contribution in [1.82, 2.24) is 9.88 Å². The van der Waals surface area contributed by atoms with Gasteiger partial charge in [-0.05, 0) is 44.5 Å². The molecular weight excluding hydrogens is 312 g/mol. The highest BCUT2D eigenvalue weighted by atomic mass is 35.5. The van der Waals surface area contributed by atoms with Crippen LogP contribution in [-0.2, 0) is 11.2 Å². The molecule has 4 nitrogen and oxygen atoms in total. The van der Waals surface area contributed by atoms with Crippen LogP contribution in [0.15, 0.2) is 29.1 Å². The molecule has 0 spiro atoms. The smallest absolute Gasteiger partial charge is 0.256 e. The fraction of sp³-hybridized carbons (Fsp3) is 0.500. The number of pyridine rings is 1. The lowest BCUT2D eigenvalue weighted by Gasteiger charge is -2.24. The van der Waals surface area contributed by atoms with Gasteiger partial charge in [0, 0.05) is 47.1 Å². The molecule has 1 aliphatic heterocycles. The van der Waals surface area contributed by atoms with Crippen LogP contribution in [-0.4, -0.2) is 42.2 Å². The molecule has 3 rings (SSSR count). The predicted octanol–water partition coefficient (Wildman–Crippen LogP) is 3.22. The number of hydrogen-bond acceptors (Lipinski definition) is 3. The molecule has 1 saturated heterocycles. The summed E-state index contributed by atoms with van der Waals surface area (Å²) in [5.41, 5.74) is 0.880. The van der Waals surface area contributed by atoms with E-state index in [0.717, 1.165) is 43.8 Å². The molecule has 0 saturated carbocycles. The van der Waals surface area contributed by atoms with Gasteiger partial charge in [0.25, 0.3) is 5.56 Å². The maximum atomic E-state index is 12.2. The minimum Gasteiger partial charge on any atom is -0.380 e. The zero-order valence-electron chi connectivity index (χ0n) is 13.5. The second-order valence-corrected chi connectivity index (χ2v) is 6.47. The minimum absolute atomic E-state index is 0.0627. The van der Waals surface area contributed by atoms with Gasteiger partial charge in [-0.25, -0.2) is 0 Å². The van der Waals surface area contributed by atoms with Gasteiger partial charge < -0.3 is 9.72 Å². The molecule has 0 aliphatic carbocycles. The maximum Gasteiger partial charge on any atom is 0.256 e. The van der Waals surface area contributed by atoms with E-state index in [9.17, 15) is 4.79 Å². The van der Waals surface area contributed by atoms with E-state index in [1.807, 2.05) is 31.2 Å². The van der Waals surface area contributed by atoms with Gasteiger partial charge in [-0.15, -0.1) is 0 Å². The van der Waals surface area contributed by atoms with Crippen molar-refractivity contribution in [2.45, 2.75) is 32.2 Å². The number of nitrogens with one attached hydrogen (secondary N) is 1. The van der Waals surface area contributed by atoms with E-state index in [1.54, 1.807) is 0 Å². The summed E-state index contributed by atoms with van der Waals surface area (Å²) in [6.45, 7) is 5.64. The summed E-state index contributed by atoms with van der Waals surface area (Å²) in [4.78, 5) is 17.7. The molecule has 1 aliphatic rings. The van der Waals surface area contributed by atoms with Crippen LogP contribution in [0.25, 0.3) is 10.8 Å². The molecule has 23 heavy (non-hydrogen) atoms. The Hall–Kier alpha value is -1.36. The van der Waals surface area contributed by atoms with Crippen LogP contribution in [0.1, 0.15) is 25.5 Å². The van der Waals surface area contributed by atoms with Crippen molar-refractivity contribution in [3.63, 3.8) is 0 Å². The number of hydrogen-bond donors (Lipinski definition) is 1. The number of halogens is 1. The molecule has 0 bridgehead atoms. The number of nitrogens with zero attached hydrogens (tertiary/aromatic N) is 1. The van der Waals surface area contributed by atoms with Gasteiger partial charge >= 0.3 is 0 Å². The highest BCUT2D eigenvalue weighted by molar-refractivity contribution is 6.35. The van der Waals surface area contributed by atoms with Crippen molar-refractivity contribution < 1.29 is 4.74 Å². The second kappa shape index (κ2) is 7.47. The number of aromatic amines is 1. The van der Waals surface area contributed by atoms with Gasteiger partial charge in [0.2, 0.25) is 0 Å². The summed E-state index contributed by atoms with van der Waals surface area (Å²) in [5, 5.41) is 2.11. The first-order valence-corrected chi connectivity index (χ1v) is 8.69. The Kier molecular flexibility index (Phi) is 5.36. The minimum atomic E-state index is -0.0627. The van der Waals surface area contributed by atoms with E-state index in [2.05, 4.69) is 9.88 Å². The molecule has 124 valence electrons. The van der Waals surface area contributed by atoms with Gasteiger partial charge in [-0.2, -0.15) is 0 Å². The van der Waals surface area contributed by atoms with Crippen molar-refractivity contribution in [3.8, 4) is 0 Å². The van der Waals surface area contributed by atoms with Crippen LogP contribution >= 0.6 is 11.6 Å². The average molecular weight is 335 g/mol. The zero-order valence-corrected chi connectivity index (χ0v) is 14.2. The molecular formula is C18H23ClN2O2. The van der Waals surface area contributed by atoms with Crippen LogP contribution in [0.2, 0.25) is 5.02 Å². The molecule has 1 aromatic heterocycles. The van der Waals surface area contributed by atoms with Gasteiger partial charge in [0.15, 0.2) is 0 Å². The Morgan fingerprint density at radius 3 is 3.09 bits per heavy atom. The molecule has 0 amide bonds. The molecule has 2 heterocycles. The molecule has 1 atom stereocenters.